The average Bonchev–Trinajstić information content (AvgIpc) is 2.78. The second-order valence-corrected chi connectivity index (χ2v) is 4.65. The molecule has 0 radical (unpaired) electrons. The number of anilines is 1. The summed E-state index contributed by atoms with van der Waals surface area (Å²) in [5.74, 6) is -0.759. The topological polar surface area (TPSA) is 89.8 Å². The van der Waals surface area contributed by atoms with E-state index in [1.54, 1.807) is 48.5 Å². The summed E-state index contributed by atoms with van der Waals surface area (Å²) >= 11 is 0. The molecular weight excluding hydrogens is 288 g/mol. The molecular formula is C15H10N2O5. The molecule has 0 N–H and O–H groups in total. The highest BCUT2D eigenvalue weighted by Gasteiger charge is 2.36. The van der Waals surface area contributed by atoms with Crippen LogP contribution in [0.25, 0.3) is 0 Å². The molecule has 0 bridgehead atoms. The van der Waals surface area contributed by atoms with Crippen molar-refractivity contribution in [2.24, 2.45) is 0 Å². The fraction of sp³-hybridized carbons (Fsp3) is 0.0667. The van der Waals surface area contributed by atoms with Crippen LogP contribution in [0.3, 0.4) is 0 Å². The number of carbonyl (C=O) groups excluding carboxylic acids is 2. The van der Waals surface area contributed by atoms with Gasteiger partial charge in [0.1, 0.15) is 6.61 Å². The van der Waals surface area contributed by atoms with E-state index in [1.807, 2.05) is 0 Å². The van der Waals surface area contributed by atoms with Gasteiger partial charge in [-0.25, -0.2) is 4.90 Å². The quantitative estimate of drug-likeness (QED) is 0.490. The molecule has 110 valence electrons. The maximum Gasteiger partial charge on any atom is 0.294 e. The van der Waals surface area contributed by atoms with Gasteiger partial charge >= 0.3 is 0 Å². The number of hydrogen-bond donors (Lipinski definition) is 0. The van der Waals surface area contributed by atoms with E-state index in [0.29, 0.717) is 22.4 Å². The van der Waals surface area contributed by atoms with Crippen molar-refractivity contribution in [1.82, 2.24) is 0 Å². The zero-order chi connectivity index (χ0) is 15.7. The van der Waals surface area contributed by atoms with Crippen LogP contribution in [0.5, 0.6) is 0 Å². The summed E-state index contributed by atoms with van der Waals surface area (Å²) < 4.78 is 0. The first-order chi connectivity index (χ1) is 10.6. The molecule has 0 aliphatic carbocycles. The van der Waals surface area contributed by atoms with Crippen LogP contribution in [0.2, 0.25) is 0 Å². The molecule has 2 aromatic carbocycles. The molecule has 1 heterocycles. The number of benzene rings is 2. The number of nitrogens with zero attached hydrogens (tertiary/aromatic N) is 2. The third-order valence-corrected chi connectivity index (χ3v) is 3.33. The molecule has 0 fully saturated rings. The van der Waals surface area contributed by atoms with Gasteiger partial charge in [-0.3, -0.25) is 9.59 Å². The zero-order valence-corrected chi connectivity index (χ0v) is 11.3. The molecule has 0 saturated carbocycles. The van der Waals surface area contributed by atoms with Gasteiger partial charge in [0.25, 0.3) is 16.9 Å². The van der Waals surface area contributed by atoms with Crippen LogP contribution in [0.4, 0.5) is 5.69 Å². The SMILES string of the molecule is O=C1c2ccccc2C(=O)N1c1ccc(CO[N+](=O)[O-])cc1. The molecule has 0 unspecified atom stereocenters. The van der Waals surface area contributed by atoms with Crippen LogP contribution >= 0.6 is 0 Å². The molecule has 1 aliphatic heterocycles. The summed E-state index contributed by atoms with van der Waals surface area (Å²) in [7, 11) is 0. The fourth-order valence-electron chi connectivity index (χ4n) is 2.29. The van der Waals surface area contributed by atoms with Crippen LogP contribution in [-0.4, -0.2) is 16.9 Å². The van der Waals surface area contributed by atoms with Crippen molar-refractivity contribution < 1.29 is 19.5 Å². The Balaban J connectivity index is 1.85. The first-order valence-corrected chi connectivity index (χ1v) is 6.42. The van der Waals surface area contributed by atoms with Crippen LogP contribution in [-0.2, 0) is 11.4 Å². The van der Waals surface area contributed by atoms with Gasteiger partial charge in [0, 0.05) is 0 Å². The van der Waals surface area contributed by atoms with Crippen molar-refractivity contribution in [1.29, 1.82) is 0 Å². The van der Waals surface area contributed by atoms with Crippen molar-refractivity contribution in [3.63, 3.8) is 0 Å². The Labute approximate surface area is 124 Å². The molecule has 7 nitrogen and oxygen atoms in total. The number of amides is 2. The fourth-order valence-corrected chi connectivity index (χ4v) is 2.29. The molecule has 0 spiro atoms. The van der Waals surface area contributed by atoms with Gasteiger partial charge in [0.2, 0.25) is 0 Å². The summed E-state index contributed by atoms with van der Waals surface area (Å²) in [5.41, 5.74) is 1.72. The van der Waals surface area contributed by atoms with Gasteiger partial charge in [-0.1, -0.05) is 24.3 Å². The lowest BCUT2D eigenvalue weighted by Gasteiger charge is -2.14. The van der Waals surface area contributed by atoms with E-state index in [9.17, 15) is 19.7 Å². The van der Waals surface area contributed by atoms with Gasteiger partial charge in [0.05, 0.1) is 16.8 Å². The summed E-state index contributed by atoms with van der Waals surface area (Å²) in [5, 5.41) is 9.27. The maximum absolute atomic E-state index is 12.3. The smallest absolute Gasteiger partial charge is 0.294 e. The number of imide groups is 1. The highest BCUT2D eigenvalue weighted by atomic mass is 16.9. The molecule has 0 atom stereocenters. The molecule has 0 saturated heterocycles. The second kappa shape index (κ2) is 5.28. The lowest BCUT2D eigenvalue weighted by Crippen LogP contribution is -2.29. The third kappa shape index (κ3) is 2.28. The Kier molecular flexibility index (Phi) is 3.30. The molecule has 2 aromatic rings. The van der Waals surface area contributed by atoms with E-state index in [2.05, 4.69) is 4.84 Å². The van der Waals surface area contributed by atoms with Crippen molar-refractivity contribution in [2.45, 2.75) is 6.61 Å². The van der Waals surface area contributed by atoms with E-state index in [-0.39, 0.29) is 18.4 Å². The first-order valence-electron chi connectivity index (χ1n) is 6.42. The molecule has 0 aromatic heterocycles. The largest absolute Gasteiger partial charge is 0.309 e. The van der Waals surface area contributed by atoms with Crippen LogP contribution in [0, 0.1) is 10.1 Å². The number of fused-ring (bicyclic) bond motifs is 1. The van der Waals surface area contributed by atoms with Gasteiger partial charge in [0.15, 0.2) is 0 Å². The Morgan fingerprint density at radius 3 is 2.00 bits per heavy atom. The van der Waals surface area contributed by atoms with Gasteiger partial charge in [-0.2, -0.15) is 0 Å². The second-order valence-electron chi connectivity index (χ2n) is 4.65. The highest BCUT2D eigenvalue weighted by Crippen LogP contribution is 2.28. The van der Waals surface area contributed by atoms with Gasteiger partial charge < -0.3 is 4.84 Å². The van der Waals surface area contributed by atoms with Crippen molar-refractivity contribution in [2.75, 3.05) is 4.90 Å². The molecule has 7 heteroatoms. The molecule has 1 aliphatic rings. The predicted octanol–water partition coefficient (Wildman–Crippen LogP) is 2.20. The van der Waals surface area contributed by atoms with Crippen molar-refractivity contribution >= 4 is 17.5 Å². The number of hydrogen-bond acceptors (Lipinski definition) is 5. The van der Waals surface area contributed by atoms with E-state index < -0.39 is 5.09 Å². The van der Waals surface area contributed by atoms with Crippen molar-refractivity contribution in [3.05, 3.63) is 75.3 Å². The van der Waals surface area contributed by atoms with Crippen molar-refractivity contribution in [3.8, 4) is 0 Å². The van der Waals surface area contributed by atoms with Crippen LogP contribution in [0.15, 0.2) is 48.5 Å². The molecule has 3 rings (SSSR count). The third-order valence-electron chi connectivity index (χ3n) is 3.33. The maximum atomic E-state index is 12.3. The zero-order valence-electron chi connectivity index (χ0n) is 11.3. The van der Waals surface area contributed by atoms with Gasteiger partial charge in [-0.05, 0) is 29.8 Å². The van der Waals surface area contributed by atoms with Crippen LogP contribution in [0.1, 0.15) is 26.3 Å². The lowest BCUT2D eigenvalue weighted by atomic mass is 10.1. The normalized spacial score (nSPS) is 13.2. The summed E-state index contributed by atoms with van der Waals surface area (Å²) in [6.07, 6.45) is 0. The Morgan fingerprint density at radius 1 is 0.955 bits per heavy atom. The van der Waals surface area contributed by atoms with Gasteiger partial charge in [-0.15, -0.1) is 10.1 Å². The lowest BCUT2D eigenvalue weighted by molar-refractivity contribution is -0.763. The minimum absolute atomic E-state index is 0.185. The van der Waals surface area contributed by atoms with E-state index in [0.717, 1.165) is 4.90 Å². The number of rotatable bonds is 4. The standard InChI is InChI=1S/C15H10N2O5/c18-14-12-3-1-2-4-13(12)15(19)16(14)11-7-5-10(6-8-11)9-22-17(20)21/h1-8H,9H2. The monoisotopic (exact) mass is 298 g/mol. The molecule has 2 amide bonds. The predicted molar refractivity (Wildman–Crippen MR) is 75.8 cm³/mol. The van der Waals surface area contributed by atoms with E-state index in [4.69, 9.17) is 0 Å². The summed E-state index contributed by atoms with van der Waals surface area (Å²) in [6.45, 7) is -0.185. The Bertz CT molecular complexity index is 735. The van der Waals surface area contributed by atoms with E-state index in [1.165, 1.54) is 0 Å². The van der Waals surface area contributed by atoms with E-state index >= 15 is 0 Å². The minimum atomic E-state index is -0.877. The summed E-state index contributed by atoms with van der Waals surface area (Å²) in [4.78, 5) is 40.1. The van der Waals surface area contributed by atoms with Crippen LogP contribution < -0.4 is 4.90 Å². The first kappa shape index (κ1) is 13.7. The number of carbonyl (C=O) groups is 2. The Morgan fingerprint density at radius 2 is 1.50 bits per heavy atom. The molecule has 22 heavy (non-hydrogen) atoms. The summed E-state index contributed by atoms with van der Waals surface area (Å²) in [6, 6.07) is 12.9. The Hall–Kier alpha value is -3.22. The average molecular weight is 298 g/mol. The minimum Gasteiger partial charge on any atom is -0.309 e. The highest BCUT2D eigenvalue weighted by molar-refractivity contribution is 6.34.